The standard InChI is InChI=1S/C9H17BO2.CH2O2/c1-8(2)9(3,4)12-10(11-8)7-5-6-7;2-1-3/h7H,5-6H2,1-4H3;1H,(H,2,3). The molecule has 1 saturated carbocycles. The van der Waals surface area contributed by atoms with Gasteiger partial charge < -0.3 is 14.4 Å². The molecule has 0 aromatic rings. The van der Waals surface area contributed by atoms with Gasteiger partial charge in [0, 0.05) is 0 Å². The summed E-state index contributed by atoms with van der Waals surface area (Å²) in [5.74, 6) is 0.672. The molecule has 0 radical (unpaired) electrons. The number of carboxylic acid groups (broad SMARTS) is 1. The molecular formula is C10H19BO4. The average Bonchev–Trinajstić information content (AvgIpc) is 2.81. The molecule has 1 N–H and O–H groups in total. The fourth-order valence-electron chi connectivity index (χ4n) is 1.45. The Morgan fingerprint density at radius 1 is 1.20 bits per heavy atom. The van der Waals surface area contributed by atoms with Crippen molar-refractivity contribution in [1.82, 2.24) is 0 Å². The van der Waals surface area contributed by atoms with Gasteiger partial charge in [-0.1, -0.05) is 12.8 Å². The molecule has 86 valence electrons. The summed E-state index contributed by atoms with van der Waals surface area (Å²) in [6, 6.07) is 0. The van der Waals surface area contributed by atoms with Crippen LogP contribution in [0.2, 0.25) is 5.82 Å². The fourth-order valence-corrected chi connectivity index (χ4v) is 1.45. The maximum Gasteiger partial charge on any atom is 0.461 e. The van der Waals surface area contributed by atoms with E-state index in [4.69, 9.17) is 19.2 Å². The van der Waals surface area contributed by atoms with Gasteiger partial charge in [-0.05, 0) is 33.5 Å². The zero-order valence-electron chi connectivity index (χ0n) is 9.82. The van der Waals surface area contributed by atoms with E-state index in [-0.39, 0.29) is 24.8 Å². The summed E-state index contributed by atoms with van der Waals surface area (Å²) in [4.78, 5) is 8.36. The molecule has 0 aromatic heterocycles. The first-order chi connectivity index (χ1) is 6.84. The molecule has 5 heteroatoms. The summed E-state index contributed by atoms with van der Waals surface area (Å²) >= 11 is 0. The van der Waals surface area contributed by atoms with Gasteiger partial charge in [-0.15, -0.1) is 0 Å². The quantitative estimate of drug-likeness (QED) is 0.535. The first-order valence-corrected chi connectivity index (χ1v) is 5.27. The Bertz CT molecular complexity index is 220. The second kappa shape index (κ2) is 4.14. The Hall–Kier alpha value is -0.545. The highest BCUT2D eigenvalue weighted by atomic mass is 16.7. The molecule has 0 spiro atoms. The van der Waals surface area contributed by atoms with Crippen LogP contribution in [0.25, 0.3) is 0 Å². The van der Waals surface area contributed by atoms with Crippen LogP contribution in [0.5, 0.6) is 0 Å². The van der Waals surface area contributed by atoms with Gasteiger partial charge in [0.15, 0.2) is 0 Å². The van der Waals surface area contributed by atoms with Crippen molar-refractivity contribution in [3.05, 3.63) is 0 Å². The Morgan fingerprint density at radius 2 is 1.53 bits per heavy atom. The highest BCUT2D eigenvalue weighted by Crippen LogP contribution is 2.48. The summed E-state index contributed by atoms with van der Waals surface area (Å²) in [6.45, 7) is 8.18. The molecule has 1 aliphatic carbocycles. The largest absolute Gasteiger partial charge is 0.483 e. The summed E-state index contributed by atoms with van der Waals surface area (Å²) in [5.41, 5.74) is -0.277. The van der Waals surface area contributed by atoms with E-state index in [1.807, 2.05) is 0 Å². The molecule has 0 bridgehead atoms. The lowest BCUT2D eigenvalue weighted by Gasteiger charge is -2.32. The zero-order valence-corrected chi connectivity index (χ0v) is 9.82. The SMILES string of the molecule is CC1(C)OB(C2CC2)OC1(C)C.O=CO. The van der Waals surface area contributed by atoms with Crippen LogP contribution in [0, 0.1) is 0 Å². The molecule has 0 aromatic carbocycles. The summed E-state index contributed by atoms with van der Waals surface area (Å²) in [5, 5.41) is 6.89. The third kappa shape index (κ3) is 2.72. The molecule has 0 atom stereocenters. The third-order valence-corrected chi connectivity index (χ3v) is 3.28. The minimum Gasteiger partial charge on any atom is -0.483 e. The lowest BCUT2D eigenvalue weighted by Crippen LogP contribution is -2.41. The summed E-state index contributed by atoms with van der Waals surface area (Å²) in [6.07, 6.45) is 2.55. The average molecular weight is 214 g/mol. The van der Waals surface area contributed by atoms with Crippen molar-refractivity contribution in [2.75, 3.05) is 0 Å². The van der Waals surface area contributed by atoms with E-state index in [0.717, 1.165) is 0 Å². The molecule has 1 saturated heterocycles. The van der Waals surface area contributed by atoms with Crippen LogP contribution in [0.3, 0.4) is 0 Å². The third-order valence-electron chi connectivity index (χ3n) is 3.28. The Kier molecular flexibility index (Phi) is 3.46. The highest BCUT2D eigenvalue weighted by molar-refractivity contribution is 6.48. The van der Waals surface area contributed by atoms with Crippen LogP contribution in [0.4, 0.5) is 0 Å². The minimum atomic E-state index is -0.250. The van der Waals surface area contributed by atoms with Crippen molar-refractivity contribution < 1.29 is 19.2 Å². The van der Waals surface area contributed by atoms with Gasteiger partial charge >= 0.3 is 7.12 Å². The molecule has 2 aliphatic rings. The van der Waals surface area contributed by atoms with Crippen molar-refractivity contribution >= 4 is 13.6 Å². The van der Waals surface area contributed by atoms with Gasteiger partial charge in [-0.3, -0.25) is 4.79 Å². The van der Waals surface area contributed by atoms with Gasteiger partial charge in [0.2, 0.25) is 0 Å². The number of rotatable bonds is 1. The van der Waals surface area contributed by atoms with E-state index in [1.54, 1.807) is 0 Å². The molecule has 2 fully saturated rings. The summed E-state index contributed by atoms with van der Waals surface area (Å²) < 4.78 is 11.7. The van der Waals surface area contributed by atoms with Crippen LogP contribution in [0.1, 0.15) is 40.5 Å². The van der Waals surface area contributed by atoms with E-state index >= 15 is 0 Å². The van der Waals surface area contributed by atoms with Crippen LogP contribution < -0.4 is 0 Å². The Morgan fingerprint density at radius 3 is 1.80 bits per heavy atom. The molecule has 1 aliphatic heterocycles. The van der Waals surface area contributed by atoms with Crippen LogP contribution in [0.15, 0.2) is 0 Å². The van der Waals surface area contributed by atoms with Gasteiger partial charge in [0.05, 0.1) is 11.2 Å². The molecular weight excluding hydrogens is 195 g/mol. The van der Waals surface area contributed by atoms with Crippen molar-refractivity contribution in [3.8, 4) is 0 Å². The molecule has 4 nitrogen and oxygen atoms in total. The molecule has 0 unspecified atom stereocenters. The van der Waals surface area contributed by atoms with Crippen molar-refractivity contribution in [2.24, 2.45) is 0 Å². The highest BCUT2D eigenvalue weighted by Gasteiger charge is 2.55. The van der Waals surface area contributed by atoms with Crippen LogP contribution in [-0.2, 0) is 14.1 Å². The van der Waals surface area contributed by atoms with Gasteiger partial charge in [0.1, 0.15) is 0 Å². The predicted octanol–water partition coefficient (Wildman–Crippen LogP) is 1.94. The Balaban J connectivity index is 0.000000337. The smallest absolute Gasteiger partial charge is 0.461 e. The summed E-state index contributed by atoms with van der Waals surface area (Å²) in [7, 11) is 0.0648. The first kappa shape index (κ1) is 12.5. The van der Waals surface area contributed by atoms with Gasteiger partial charge in [-0.25, -0.2) is 0 Å². The predicted molar refractivity (Wildman–Crippen MR) is 57.8 cm³/mol. The lowest BCUT2D eigenvalue weighted by molar-refractivity contribution is -0.122. The van der Waals surface area contributed by atoms with E-state index < -0.39 is 0 Å². The number of carbonyl (C=O) groups is 1. The Labute approximate surface area is 91.1 Å². The monoisotopic (exact) mass is 214 g/mol. The van der Waals surface area contributed by atoms with Crippen molar-refractivity contribution in [2.45, 2.75) is 57.6 Å². The second-order valence-electron chi connectivity index (χ2n) is 5.07. The minimum absolute atomic E-state index is 0.0648. The maximum absolute atomic E-state index is 8.36. The normalized spacial score (nSPS) is 26.8. The van der Waals surface area contributed by atoms with Gasteiger partial charge in [0.25, 0.3) is 6.47 Å². The molecule has 0 amide bonds. The van der Waals surface area contributed by atoms with Gasteiger partial charge in [-0.2, -0.15) is 0 Å². The van der Waals surface area contributed by atoms with Crippen molar-refractivity contribution in [1.29, 1.82) is 0 Å². The van der Waals surface area contributed by atoms with Crippen LogP contribution in [-0.4, -0.2) is 29.9 Å². The molecule has 1 heterocycles. The number of hydrogen-bond acceptors (Lipinski definition) is 3. The number of hydrogen-bond donors (Lipinski definition) is 1. The lowest BCUT2D eigenvalue weighted by atomic mass is 9.82. The second-order valence-corrected chi connectivity index (χ2v) is 5.07. The molecule has 2 rings (SSSR count). The fraction of sp³-hybridized carbons (Fsp3) is 0.900. The van der Waals surface area contributed by atoms with E-state index in [0.29, 0.717) is 5.82 Å². The van der Waals surface area contributed by atoms with Crippen molar-refractivity contribution in [3.63, 3.8) is 0 Å². The van der Waals surface area contributed by atoms with Crippen LogP contribution >= 0.6 is 0 Å². The molecule has 15 heavy (non-hydrogen) atoms. The topological polar surface area (TPSA) is 55.8 Å². The zero-order chi connectivity index (χ0) is 11.7. The maximum atomic E-state index is 8.36. The van der Waals surface area contributed by atoms with E-state index in [2.05, 4.69) is 27.7 Å². The van der Waals surface area contributed by atoms with E-state index in [1.165, 1.54) is 12.8 Å². The van der Waals surface area contributed by atoms with E-state index in [9.17, 15) is 0 Å². The first-order valence-electron chi connectivity index (χ1n) is 5.27.